The smallest absolute Gasteiger partial charge is 0.0800 e. The third kappa shape index (κ3) is 5.69. The van der Waals surface area contributed by atoms with Crippen LogP contribution in [-0.2, 0) is 5.41 Å². The van der Waals surface area contributed by atoms with Gasteiger partial charge >= 0.3 is 0 Å². The van der Waals surface area contributed by atoms with Crippen LogP contribution in [0.4, 0.5) is 11.4 Å². The van der Waals surface area contributed by atoms with Crippen LogP contribution in [0.1, 0.15) is 25.0 Å². The van der Waals surface area contributed by atoms with Gasteiger partial charge in [0.05, 0.1) is 22.4 Å². The van der Waals surface area contributed by atoms with E-state index < -0.39 is 0 Å². The van der Waals surface area contributed by atoms with Gasteiger partial charge in [0.15, 0.2) is 0 Å². The summed E-state index contributed by atoms with van der Waals surface area (Å²) in [7, 11) is 0. The van der Waals surface area contributed by atoms with Gasteiger partial charge in [-0.15, -0.1) is 0 Å². The first-order valence-corrected chi connectivity index (χ1v) is 20.4. The summed E-state index contributed by atoms with van der Waals surface area (Å²) in [5.74, 6) is 0. The Hall–Kier alpha value is -7.49. The van der Waals surface area contributed by atoms with Crippen molar-refractivity contribution in [2.45, 2.75) is 19.3 Å². The van der Waals surface area contributed by atoms with Crippen LogP contribution in [0.3, 0.4) is 0 Å². The maximum Gasteiger partial charge on any atom is 0.0800 e. The van der Waals surface area contributed by atoms with Crippen molar-refractivity contribution in [2.75, 3.05) is 5.01 Å². The monoisotopic (exact) mass is 755 g/mol. The predicted octanol–water partition coefficient (Wildman–Crippen LogP) is 14.8. The third-order valence-electron chi connectivity index (χ3n) is 12.3. The Bertz CT molecular complexity index is 3150. The standard InChI is InChI=1S/C56H41N3/c1-56(2)51-21-13-12-20-48(51)49-28-27-45(37-52(49)56)58(44-25-22-39(23-26-44)40-32-34-57-35-33-40)59-53-31-24-43(38-14-6-3-7-15-38)36-50(53)54-46(41-16-8-4-9-17-41)29-30-47(55(54)59)42-18-10-5-11-19-42/h3-37H,1-2H3. The van der Waals surface area contributed by atoms with Gasteiger partial charge < -0.3 is 0 Å². The Labute approximate surface area is 345 Å². The summed E-state index contributed by atoms with van der Waals surface area (Å²) in [5.41, 5.74) is 19.0. The molecule has 2 heterocycles. The van der Waals surface area contributed by atoms with Crippen LogP contribution in [0.25, 0.3) is 77.4 Å². The molecule has 0 spiro atoms. The molecule has 0 saturated heterocycles. The lowest BCUT2D eigenvalue weighted by Crippen LogP contribution is -2.25. The van der Waals surface area contributed by atoms with E-state index in [-0.39, 0.29) is 5.41 Å². The summed E-state index contributed by atoms with van der Waals surface area (Å²) in [5, 5.41) is 4.87. The molecule has 0 radical (unpaired) electrons. The zero-order valence-corrected chi connectivity index (χ0v) is 33.0. The molecule has 0 N–H and O–H groups in total. The number of nitrogens with zero attached hydrogens (tertiary/aromatic N) is 3. The molecule has 0 fully saturated rings. The lowest BCUT2D eigenvalue weighted by atomic mass is 9.82. The van der Waals surface area contributed by atoms with Gasteiger partial charge in [-0.25, -0.2) is 9.69 Å². The fourth-order valence-electron chi connectivity index (χ4n) is 9.40. The van der Waals surface area contributed by atoms with Crippen LogP contribution < -0.4 is 5.01 Å². The van der Waals surface area contributed by atoms with E-state index in [1.165, 1.54) is 66.4 Å². The van der Waals surface area contributed by atoms with Crippen molar-refractivity contribution < 1.29 is 0 Å². The summed E-state index contributed by atoms with van der Waals surface area (Å²) in [6, 6.07) is 73.2. The number of fused-ring (bicyclic) bond motifs is 6. The van der Waals surface area contributed by atoms with Crippen molar-refractivity contribution in [1.82, 2.24) is 9.66 Å². The summed E-state index contributed by atoms with van der Waals surface area (Å²) in [4.78, 5) is 4.28. The molecule has 3 heteroatoms. The minimum absolute atomic E-state index is 0.167. The minimum atomic E-state index is -0.167. The fraction of sp³-hybridized carbons (Fsp3) is 0.0536. The molecule has 1 aliphatic rings. The van der Waals surface area contributed by atoms with E-state index in [4.69, 9.17) is 0 Å². The van der Waals surface area contributed by atoms with Gasteiger partial charge in [-0.3, -0.25) is 4.98 Å². The second kappa shape index (κ2) is 13.9. The highest BCUT2D eigenvalue weighted by atomic mass is 15.6. The molecule has 0 saturated carbocycles. The topological polar surface area (TPSA) is 21.1 Å². The fourth-order valence-corrected chi connectivity index (χ4v) is 9.40. The van der Waals surface area contributed by atoms with E-state index in [1.54, 1.807) is 0 Å². The van der Waals surface area contributed by atoms with E-state index in [0.717, 1.165) is 33.5 Å². The first-order valence-electron chi connectivity index (χ1n) is 20.4. The molecule has 11 rings (SSSR count). The maximum atomic E-state index is 4.28. The van der Waals surface area contributed by atoms with Crippen molar-refractivity contribution in [1.29, 1.82) is 0 Å². The third-order valence-corrected chi connectivity index (χ3v) is 12.3. The molecular weight excluding hydrogens is 715 g/mol. The number of hydrogen-bond acceptors (Lipinski definition) is 2. The van der Waals surface area contributed by atoms with E-state index in [1.807, 2.05) is 12.4 Å². The van der Waals surface area contributed by atoms with E-state index in [2.05, 4.69) is 229 Å². The van der Waals surface area contributed by atoms with Crippen LogP contribution in [0, 0.1) is 0 Å². The van der Waals surface area contributed by atoms with Crippen LogP contribution in [0.2, 0.25) is 0 Å². The van der Waals surface area contributed by atoms with E-state index in [0.29, 0.717) is 0 Å². The van der Waals surface area contributed by atoms with E-state index >= 15 is 0 Å². The van der Waals surface area contributed by atoms with Crippen LogP contribution >= 0.6 is 0 Å². The second-order valence-electron chi connectivity index (χ2n) is 16.0. The highest BCUT2D eigenvalue weighted by Gasteiger charge is 2.36. The molecule has 0 bridgehead atoms. The number of aromatic nitrogens is 2. The second-order valence-corrected chi connectivity index (χ2v) is 16.0. The van der Waals surface area contributed by atoms with Gasteiger partial charge in [-0.1, -0.05) is 166 Å². The summed E-state index contributed by atoms with van der Waals surface area (Å²) < 4.78 is 2.49. The normalized spacial score (nSPS) is 12.7. The van der Waals surface area contributed by atoms with Gasteiger partial charge in [-0.05, 0) is 110 Å². The summed E-state index contributed by atoms with van der Waals surface area (Å²) in [6.45, 7) is 4.72. The minimum Gasteiger partial charge on any atom is -0.265 e. The molecule has 3 nitrogen and oxygen atoms in total. The summed E-state index contributed by atoms with van der Waals surface area (Å²) in [6.07, 6.45) is 3.72. The van der Waals surface area contributed by atoms with Crippen LogP contribution in [0.5, 0.6) is 0 Å². The van der Waals surface area contributed by atoms with Crippen LogP contribution in [-0.4, -0.2) is 9.66 Å². The Morgan fingerprint density at radius 2 is 0.932 bits per heavy atom. The Kier molecular flexibility index (Phi) is 8.16. The molecule has 8 aromatic carbocycles. The molecule has 2 aromatic heterocycles. The van der Waals surface area contributed by atoms with Crippen molar-refractivity contribution in [3.63, 3.8) is 0 Å². The first kappa shape index (κ1) is 34.7. The lowest BCUT2D eigenvalue weighted by molar-refractivity contribution is 0.660. The van der Waals surface area contributed by atoms with Crippen molar-refractivity contribution >= 4 is 33.2 Å². The number of rotatable bonds is 7. The average Bonchev–Trinajstić information content (AvgIpc) is 3.75. The zero-order valence-electron chi connectivity index (χ0n) is 33.0. The number of anilines is 2. The van der Waals surface area contributed by atoms with Gasteiger partial charge in [0, 0.05) is 34.1 Å². The first-order chi connectivity index (χ1) is 29.0. The maximum absolute atomic E-state index is 4.28. The largest absolute Gasteiger partial charge is 0.265 e. The van der Waals surface area contributed by atoms with Crippen molar-refractivity contribution in [3.05, 3.63) is 224 Å². The van der Waals surface area contributed by atoms with Gasteiger partial charge in [0.1, 0.15) is 0 Å². The Morgan fingerprint density at radius 1 is 0.407 bits per heavy atom. The van der Waals surface area contributed by atoms with Crippen molar-refractivity contribution in [3.8, 4) is 55.6 Å². The molecule has 10 aromatic rings. The van der Waals surface area contributed by atoms with Gasteiger partial charge in [0.2, 0.25) is 0 Å². The van der Waals surface area contributed by atoms with Gasteiger partial charge in [0.25, 0.3) is 0 Å². The highest BCUT2D eigenvalue weighted by Crippen LogP contribution is 2.51. The molecule has 0 aliphatic heterocycles. The zero-order chi connectivity index (χ0) is 39.5. The number of benzene rings is 8. The molecule has 59 heavy (non-hydrogen) atoms. The molecule has 0 unspecified atom stereocenters. The number of hydrogen-bond donors (Lipinski definition) is 0. The molecule has 1 aliphatic carbocycles. The van der Waals surface area contributed by atoms with Crippen LogP contribution in [0.15, 0.2) is 213 Å². The molecule has 280 valence electrons. The summed E-state index contributed by atoms with van der Waals surface area (Å²) >= 11 is 0. The average molecular weight is 756 g/mol. The lowest BCUT2D eigenvalue weighted by Gasteiger charge is -2.31. The molecule has 0 atom stereocenters. The van der Waals surface area contributed by atoms with E-state index in [9.17, 15) is 0 Å². The predicted molar refractivity (Wildman–Crippen MR) is 247 cm³/mol. The molecule has 0 amide bonds. The van der Waals surface area contributed by atoms with Gasteiger partial charge in [-0.2, -0.15) is 0 Å². The Morgan fingerprint density at radius 3 is 1.64 bits per heavy atom. The number of pyridine rings is 1. The SMILES string of the molecule is CC1(C)c2ccccc2-c2ccc(N(c3ccc(-c4ccncc4)cc3)n3c4ccc(-c5ccccc5)cc4c4c(-c5ccccc5)ccc(-c5ccccc5)c43)cc21. The molecular formula is C56H41N3. The highest BCUT2D eigenvalue weighted by molar-refractivity contribution is 6.20. The van der Waals surface area contributed by atoms with Crippen molar-refractivity contribution in [2.24, 2.45) is 0 Å². The Balaban J connectivity index is 1.26. The quantitative estimate of drug-likeness (QED) is 0.162.